The molecule has 0 N–H and O–H groups in total. The normalized spacial score (nSPS) is 10.6. The highest BCUT2D eigenvalue weighted by atomic mass is 35.5. The quantitative estimate of drug-likeness (QED) is 0.646. The molecule has 0 spiro atoms. The molecule has 3 rings (SSSR count). The van der Waals surface area contributed by atoms with E-state index in [9.17, 15) is 4.79 Å². The number of rotatable bonds is 5. The third kappa shape index (κ3) is 3.63. The standard InChI is InChI=1S/C18H15ClN2O3/c1-2-12-10-20-8-7-16(12)18(22)23-11-15-9-17(21-24-15)13-3-5-14(19)6-4-13/h3-10H,2,11H2,1H3. The highest BCUT2D eigenvalue weighted by molar-refractivity contribution is 6.30. The Labute approximate surface area is 144 Å². The van der Waals surface area contributed by atoms with Crippen LogP contribution in [0.2, 0.25) is 5.02 Å². The summed E-state index contributed by atoms with van der Waals surface area (Å²) in [6, 6.07) is 10.6. The molecule has 1 aromatic carbocycles. The van der Waals surface area contributed by atoms with Gasteiger partial charge in [0.25, 0.3) is 0 Å². The second-order valence-corrected chi connectivity index (χ2v) is 5.58. The van der Waals surface area contributed by atoms with E-state index in [4.69, 9.17) is 20.9 Å². The van der Waals surface area contributed by atoms with Gasteiger partial charge in [0.1, 0.15) is 5.69 Å². The fourth-order valence-corrected chi connectivity index (χ4v) is 2.39. The number of esters is 1. The van der Waals surface area contributed by atoms with Gasteiger partial charge in [-0.2, -0.15) is 0 Å². The van der Waals surface area contributed by atoms with Crippen molar-refractivity contribution in [2.75, 3.05) is 0 Å². The molecule has 3 aromatic rings. The minimum absolute atomic E-state index is 0.0188. The number of halogens is 1. The first-order valence-electron chi connectivity index (χ1n) is 7.49. The molecule has 0 bridgehead atoms. The summed E-state index contributed by atoms with van der Waals surface area (Å²) in [6.07, 6.45) is 3.95. The Bertz CT molecular complexity index is 843. The highest BCUT2D eigenvalue weighted by Gasteiger charge is 2.14. The fourth-order valence-electron chi connectivity index (χ4n) is 2.26. The molecule has 0 unspecified atom stereocenters. The van der Waals surface area contributed by atoms with Crippen LogP contribution in [0.4, 0.5) is 0 Å². The van der Waals surface area contributed by atoms with E-state index in [2.05, 4.69) is 10.1 Å². The number of aromatic nitrogens is 2. The number of hydrogen-bond acceptors (Lipinski definition) is 5. The lowest BCUT2D eigenvalue weighted by molar-refractivity contribution is 0.0436. The Hall–Kier alpha value is -2.66. The topological polar surface area (TPSA) is 65.2 Å². The van der Waals surface area contributed by atoms with Gasteiger partial charge >= 0.3 is 5.97 Å². The van der Waals surface area contributed by atoms with E-state index in [-0.39, 0.29) is 6.61 Å². The van der Waals surface area contributed by atoms with Gasteiger partial charge in [-0.05, 0) is 30.2 Å². The van der Waals surface area contributed by atoms with E-state index in [1.165, 1.54) is 0 Å². The summed E-state index contributed by atoms with van der Waals surface area (Å²) >= 11 is 5.87. The average molecular weight is 343 g/mol. The lowest BCUT2D eigenvalue weighted by atomic mass is 10.1. The van der Waals surface area contributed by atoms with Crippen LogP contribution in [0.3, 0.4) is 0 Å². The molecule has 2 heterocycles. The molecule has 0 fully saturated rings. The third-order valence-corrected chi connectivity index (χ3v) is 3.80. The molecule has 0 amide bonds. The second kappa shape index (κ2) is 7.27. The molecule has 0 atom stereocenters. The molecule has 6 heteroatoms. The van der Waals surface area contributed by atoms with E-state index in [1.807, 2.05) is 19.1 Å². The number of nitrogens with zero attached hydrogens (tertiary/aromatic N) is 2. The van der Waals surface area contributed by atoms with E-state index in [0.29, 0.717) is 28.5 Å². The van der Waals surface area contributed by atoms with E-state index in [1.54, 1.807) is 36.7 Å². The number of carbonyl (C=O) groups excluding carboxylic acids is 1. The first kappa shape index (κ1) is 16.2. The van der Waals surface area contributed by atoms with Gasteiger partial charge in [-0.15, -0.1) is 0 Å². The van der Waals surface area contributed by atoms with Crippen LogP contribution in [0, 0.1) is 0 Å². The maximum Gasteiger partial charge on any atom is 0.338 e. The molecular formula is C18H15ClN2O3. The Balaban J connectivity index is 1.67. The van der Waals surface area contributed by atoms with Crippen LogP contribution in [0.25, 0.3) is 11.3 Å². The van der Waals surface area contributed by atoms with Gasteiger partial charge in [0, 0.05) is 29.0 Å². The number of benzene rings is 1. The molecule has 0 saturated carbocycles. The van der Waals surface area contributed by atoms with Crippen molar-refractivity contribution in [3.8, 4) is 11.3 Å². The minimum Gasteiger partial charge on any atom is -0.454 e. The summed E-state index contributed by atoms with van der Waals surface area (Å²) in [5, 5.41) is 4.63. The molecular weight excluding hydrogens is 328 g/mol. The van der Waals surface area contributed by atoms with Crippen molar-refractivity contribution in [1.82, 2.24) is 10.1 Å². The van der Waals surface area contributed by atoms with Gasteiger partial charge < -0.3 is 9.26 Å². The summed E-state index contributed by atoms with van der Waals surface area (Å²) in [6.45, 7) is 1.98. The molecule has 0 saturated heterocycles. The Morgan fingerprint density at radius 1 is 1.25 bits per heavy atom. The van der Waals surface area contributed by atoms with Crippen LogP contribution < -0.4 is 0 Å². The van der Waals surface area contributed by atoms with Crippen molar-refractivity contribution < 1.29 is 14.1 Å². The SMILES string of the molecule is CCc1cnccc1C(=O)OCc1cc(-c2ccc(Cl)cc2)no1. The first-order valence-corrected chi connectivity index (χ1v) is 7.86. The molecule has 0 radical (unpaired) electrons. The maximum atomic E-state index is 12.2. The largest absolute Gasteiger partial charge is 0.454 e. The van der Waals surface area contributed by atoms with E-state index < -0.39 is 5.97 Å². The summed E-state index contributed by atoms with van der Waals surface area (Å²) in [4.78, 5) is 16.2. The van der Waals surface area contributed by atoms with Crippen LogP contribution >= 0.6 is 11.6 Å². The number of pyridine rings is 1. The molecule has 5 nitrogen and oxygen atoms in total. The second-order valence-electron chi connectivity index (χ2n) is 5.15. The molecule has 0 aliphatic carbocycles. The molecule has 122 valence electrons. The van der Waals surface area contributed by atoms with Crippen molar-refractivity contribution in [2.24, 2.45) is 0 Å². The lowest BCUT2D eigenvalue weighted by Gasteiger charge is -2.06. The van der Waals surface area contributed by atoms with Crippen LogP contribution in [0.5, 0.6) is 0 Å². The van der Waals surface area contributed by atoms with Crippen LogP contribution in [0.1, 0.15) is 28.6 Å². The first-order chi connectivity index (χ1) is 11.7. The molecule has 24 heavy (non-hydrogen) atoms. The minimum atomic E-state index is -0.404. The summed E-state index contributed by atoms with van der Waals surface area (Å²) in [5.41, 5.74) is 2.91. The predicted octanol–water partition coefficient (Wildman–Crippen LogP) is 4.31. The number of carbonyl (C=O) groups is 1. The zero-order valence-corrected chi connectivity index (χ0v) is 13.8. The van der Waals surface area contributed by atoms with E-state index >= 15 is 0 Å². The summed E-state index contributed by atoms with van der Waals surface area (Å²) in [7, 11) is 0. The molecule has 2 aromatic heterocycles. The maximum absolute atomic E-state index is 12.2. The van der Waals surface area contributed by atoms with Crippen molar-refractivity contribution in [3.05, 3.63) is 70.7 Å². The zero-order chi connectivity index (χ0) is 16.9. The number of ether oxygens (including phenoxy) is 1. The number of hydrogen-bond donors (Lipinski definition) is 0. The van der Waals surface area contributed by atoms with Crippen LogP contribution in [0.15, 0.2) is 53.3 Å². The van der Waals surface area contributed by atoms with E-state index in [0.717, 1.165) is 11.1 Å². The van der Waals surface area contributed by atoms with Crippen molar-refractivity contribution in [1.29, 1.82) is 0 Å². The fraction of sp³-hybridized carbons (Fsp3) is 0.167. The smallest absolute Gasteiger partial charge is 0.338 e. The average Bonchev–Trinajstić information content (AvgIpc) is 3.09. The molecule has 0 aliphatic heterocycles. The predicted molar refractivity (Wildman–Crippen MR) is 89.7 cm³/mol. The Morgan fingerprint density at radius 3 is 2.79 bits per heavy atom. The lowest BCUT2D eigenvalue weighted by Crippen LogP contribution is -2.08. The van der Waals surface area contributed by atoms with Gasteiger partial charge in [0.15, 0.2) is 12.4 Å². The summed E-state index contributed by atoms with van der Waals surface area (Å²) in [5.74, 6) is 0.0686. The monoisotopic (exact) mass is 342 g/mol. The van der Waals surface area contributed by atoms with Crippen LogP contribution in [-0.2, 0) is 17.8 Å². The van der Waals surface area contributed by atoms with Gasteiger partial charge in [0.2, 0.25) is 0 Å². The number of aryl methyl sites for hydroxylation is 1. The Kier molecular flexibility index (Phi) is 4.91. The van der Waals surface area contributed by atoms with Gasteiger partial charge in [-0.3, -0.25) is 4.98 Å². The van der Waals surface area contributed by atoms with Crippen molar-refractivity contribution in [3.63, 3.8) is 0 Å². The van der Waals surface area contributed by atoms with Crippen LogP contribution in [-0.4, -0.2) is 16.1 Å². The Morgan fingerprint density at radius 2 is 2.04 bits per heavy atom. The van der Waals surface area contributed by atoms with Gasteiger partial charge in [-0.1, -0.05) is 35.8 Å². The van der Waals surface area contributed by atoms with Gasteiger partial charge in [-0.25, -0.2) is 4.79 Å². The highest BCUT2D eigenvalue weighted by Crippen LogP contribution is 2.22. The third-order valence-electron chi connectivity index (χ3n) is 3.55. The summed E-state index contributed by atoms with van der Waals surface area (Å²) < 4.78 is 10.5. The molecule has 0 aliphatic rings. The zero-order valence-electron chi connectivity index (χ0n) is 13.0. The van der Waals surface area contributed by atoms with Gasteiger partial charge in [0.05, 0.1) is 5.56 Å². The van der Waals surface area contributed by atoms with Crippen molar-refractivity contribution >= 4 is 17.6 Å². The van der Waals surface area contributed by atoms with Crippen molar-refractivity contribution in [2.45, 2.75) is 20.0 Å².